The number of nitrogens with zero attached hydrogens (tertiary/aromatic N) is 3. The van der Waals surface area contributed by atoms with Crippen LogP contribution in [0.1, 0.15) is 16.2 Å². The molecule has 0 unspecified atom stereocenters. The Bertz CT molecular complexity index is 1170. The van der Waals surface area contributed by atoms with Gasteiger partial charge in [0, 0.05) is 35.6 Å². The van der Waals surface area contributed by atoms with E-state index in [2.05, 4.69) is 10.4 Å². The third-order valence-corrected chi connectivity index (χ3v) is 4.71. The number of amides is 2. The Labute approximate surface area is 184 Å². The number of benzene rings is 2. The second-order valence-corrected chi connectivity index (χ2v) is 7.26. The number of aromatic nitrogens is 2. The third kappa shape index (κ3) is 5.29. The van der Waals surface area contributed by atoms with Crippen molar-refractivity contribution >= 4 is 29.1 Å². The minimum Gasteiger partial charge on any atom is -0.497 e. The molecule has 0 saturated carbocycles. The average molecular weight is 441 g/mol. The van der Waals surface area contributed by atoms with Gasteiger partial charge in [-0.15, -0.1) is 0 Å². The van der Waals surface area contributed by atoms with Crippen molar-refractivity contribution in [2.45, 2.75) is 6.92 Å². The standard InChI is InChI=1S/C22H21ClN4O4/c1-14-11-19(28)21(25-27(14)17-9-7-15(23)8-10-17)22(30)26(2)13-20(29)24-16-5-4-6-18(12-16)31-3/h4-12H,13H2,1-3H3,(H,24,29). The third-order valence-electron chi connectivity index (χ3n) is 4.46. The van der Waals surface area contributed by atoms with E-state index in [1.165, 1.54) is 24.9 Å². The van der Waals surface area contributed by atoms with Crippen LogP contribution in [-0.2, 0) is 4.79 Å². The second kappa shape index (κ2) is 9.44. The molecular weight excluding hydrogens is 420 g/mol. The first kappa shape index (κ1) is 22.0. The fourth-order valence-electron chi connectivity index (χ4n) is 2.91. The van der Waals surface area contributed by atoms with E-state index >= 15 is 0 Å². The van der Waals surface area contributed by atoms with Crippen LogP contribution in [0, 0.1) is 6.92 Å². The van der Waals surface area contributed by atoms with Gasteiger partial charge in [-0.05, 0) is 43.3 Å². The zero-order chi connectivity index (χ0) is 22.5. The average Bonchev–Trinajstić information content (AvgIpc) is 2.74. The van der Waals surface area contributed by atoms with Gasteiger partial charge in [-0.25, -0.2) is 4.68 Å². The lowest BCUT2D eigenvalue weighted by molar-refractivity contribution is -0.116. The molecule has 0 atom stereocenters. The Morgan fingerprint density at radius 1 is 1.16 bits per heavy atom. The molecule has 0 fully saturated rings. The van der Waals surface area contributed by atoms with E-state index in [-0.39, 0.29) is 12.2 Å². The first-order valence-corrected chi connectivity index (χ1v) is 9.72. The number of ether oxygens (including phenoxy) is 1. The molecule has 2 aromatic carbocycles. The number of likely N-dealkylation sites (N-methyl/N-ethyl adjacent to an activating group) is 1. The van der Waals surface area contributed by atoms with Crippen LogP contribution in [0.5, 0.6) is 5.75 Å². The van der Waals surface area contributed by atoms with Gasteiger partial charge in [-0.3, -0.25) is 14.4 Å². The van der Waals surface area contributed by atoms with Crippen LogP contribution >= 0.6 is 11.6 Å². The van der Waals surface area contributed by atoms with Crippen molar-refractivity contribution in [1.29, 1.82) is 0 Å². The number of halogens is 1. The number of carbonyl (C=O) groups is 2. The maximum atomic E-state index is 12.8. The molecular formula is C22H21ClN4O4. The van der Waals surface area contributed by atoms with E-state index < -0.39 is 17.2 Å². The fourth-order valence-corrected chi connectivity index (χ4v) is 3.03. The molecule has 160 valence electrons. The lowest BCUT2D eigenvalue weighted by Gasteiger charge is -2.17. The van der Waals surface area contributed by atoms with Gasteiger partial charge in [-0.2, -0.15) is 5.10 Å². The second-order valence-electron chi connectivity index (χ2n) is 6.83. The van der Waals surface area contributed by atoms with E-state index in [0.29, 0.717) is 27.8 Å². The van der Waals surface area contributed by atoms with E-state index in [1.54, 1.807) is 55.5 Å². The summed E-state index contributed by atoms with van der Waals surface area (Å²) in [6.07, 6.45) is 0. The summed E-state index contributed by atoms with van der Waals surface area (Å²) < 4.78 is 6.60. The Kier molecular flexibility index (Phi) is 6.71. The molecule has 2 amide bonds. The van der Waals surface area contributed by atoms with Gasteiger partial charge in [0.25, 0.3) is 5.91 Å². The summed E-state index contributed by atoms with van der Waals surface area (Å²) in [5.41, 5.74) is 0.936. The van der Waals surface area contributed by atoms with Crippen molar-refractivity contribution < 1.29 is 14.3 Å². The fraction of sp³-hybridized carbons (Fsp3) is 0.182. The van der Waals surface area contributed by atoms with Gasteiger partial charge in [0.2, 0.25) is 11.3 Å². The van der Waals surface area contributed by atoms with Gasteiger partial charge < -0.3 is 15.0 Å². The molecule has 0 aliphatic heterocycles. The molecule has 9 heteroatoms. The van der Waals surface area contributed by atoms with Crippen LogP contribution in [0.25, 0.3) is 5.69 Å². The number of carbonyl (C=O) groups excluding carboxylic acids is 2. The van der Waals surface area contributed by atoms with Crippen LogP contribution < -0.4 is 15.5 Å². The summed E-state index contributed by atoms with van der Waals surface area (Å²) in [4.78, 5) is 38.7. The topological polar surface area (TPSA) is 93.5 Å². The Morgan fingerprint density at radius 2 is 1.87 bits per heavy atom. The van der Waals surface area contributed by atoms with Crippen LogP contribution in [0.3, 0.4) is 0 Å². The lowest BCUT2D eigenvalue weighted by Crippen LogP contribution is -2.38. The molecule has 0 aliphatic carbocycles. The number of rotatable bonds is 6. The maximum absolute atomic E-state index is 12.8. The molecule has 1 heterocycles. The van der Waals surface area contributed by atoms with Gasteiger partial charge in [0.05, 0.1) is 19.3 Å². The molecule has 0 spiro atoms. The molecule has 0 saturated heterocycles. The minimum absolute atomic E-state index is 0.258. The van der Waals surface area contributed by atoms with Crippen LogP contribution in [0.2, 0.25) is 5.02 Å². The highest BCUT2D eigenvalue weighted by Crippen LogP contribution is 2.17. The highest BCUT2D eigenvalue weighted by atomic mass is 35.5. The normalized spacial score (nSPS) is 10.5. The van der Waals surface area contributed by atoms with Gasteiger partial charge >= 0.3 is 0 Å². The highest BCUT2D eigenvalue weighted by Gasteiger charge is 2.21. The number of hydrogen-bond acceptors (Lipinski definition) is 5. The lowest BCUT2D eigenvalue weighted by atomic mass is 10.2. The van der Waals surface area contributed by atoms with Crippen LogP contribution in [0.15, 0.2) is 59.4 Å². The highest BCUT2D eigenvalue weighted by molar-refractivity contribution is 6.30. The quantitative estimate of drug-likeness (QED) is 0.636. The number of anilines is 1. The van der Waals surface area contributed by atoms with Gasteiger partial charge in [0.15, 0.2) is 5.69 Å². The van der Waals surface area contributed by atoms with Crippen molar-refractivity contribution in [3.63, 3.8) is 0 Å². The number of hydrogen-bond donors (Lipinski definition) is 1. The van der Waals surface area contributed by atoms with E-state index in [0.717, 1.165) is 4.90 Å². The number of aryl methyl sites for hydroxylation is 1. The monoisotopic (exact) mass is 440 g/mol. The SMILES string of the molecule is COc1cccc(NC(=O)CN(C)C(=O)c2nn(-c3ccc(Cl)cc3)c(C)cc2=O)c1. The molecule has 3 rings (SSSR count). The number of methoxy groups -OCH3 is 1. The Hall–Kier alpha value is -3.65. The van der Waals surface area contributed by atoms with Crippen molar-refractivity contribution in [2.75, 3.05) is 26.0 Å². The zero-order valence-electron chi connectivity index (χ0n) is 17.3. The smallest absolute Gasteiger partial charge is 0.278 e. The van der Waals surface area contributed by atoms with Gasteiger partial charge in [0.1, 0.15) is 5.75 Å². The molecule has 1 N–H and O–H groups in total. The summed E-state index contributed by atoms with van der Waals surface area (Å²) in [5, 5.41) is 7.48. The Morgan fingerprint density at radius 3 is 2.55 bits per heavy atom. The summed E-state index contributed by atoms with van der Waals surface area (Å²) in [6, 6.07) is 15.0. The Balaban J connectivity index is 1.78. The molecule has 0 radical (unpaired) electrons. The molecule has 0 bridgehead atoms. The molecule has 1 aromatic heterocycles. The predicted octanol–water partition coefficient (Wildman–Crippen LogP) is 2.91. The van der Waals surface area contributed by atoms with Crippen molar-refractivity contribution in [3.05, 3.63) is 81.2 Å². The summed E-state index contributed by atoms with van der Waals surface area (Å²) >= 11 is 5.93. The van der Waals surface area contributed by atoms with E-state index in [4.69, 9.17) is 16.3 Å². The van der Waals surface area contributed by atoms with E-state index in [9.17, 15) is 14.4 Å². The summed E-state index contributed by atoms with van der Waals surface area (Å²) in [6.45, 7) is 1.45. The summed E-state index contributed by atoms with van der Waals surface area (Å²) in [5.74, 6) is -0.489. The zero-order valence-corrected chi connectivity index (χ0v) is 18.0. The van der Waals surface area contributed by atoms with Gasteiger partial charge in [-0.1, -0.05) is 17.7 Å². The first-order chi connectivity index (χ1) is 14.8. The van der Waals surface area contributed by atoms with Crippen molar-refractivity contribution in [3.8, 4) is 11.4 Å². The van der Waals surface area contributed by atoms with E-state index in [1.807, 2.05) is 0 Å². The van der Waals surface area contributed by atoms with Crippen LogP contribution in [0.4, 0.5) is 5.69 Å². The largest absolute Gasteiger partial charge is 0.497 e. The summed E-state index contributed by atoms with van der Waals surface area (Å²) in [7, 11) is 2.96. The molecule has 8 nitrogen and oxygen atoms in total. The molecule has 31 heavy (non-hydrogen) atoms. The minimum atomic E-state index is -0.659. The first-order valence-electron chi connectivity index (χ1n) is 9.35. The number of nitrogens with one attached hydrogen (secondary N) is 1. The van der Waals surface area contributed by atoms with Crippen molar-refractivity contribution in [1.82, 2.24) is 14.7 Å². The van der Waals surface area contributed by atoms with Crippen molar-refractivity contribution in [2.24, 2.45) is 0 Å². The van der Waals surface area contributed by atoms with Crippen LogP contribution in [-0.4, -0.2) is 47.2 Å². The predicted molar refractivity (Wildman–Crippen MR) is 118 cm³/mol. The maximum Gasteiger partial charge on any atom is 0.278 e. The molecule has 3 aromatic rings. The molecule has 0 aliphatic rings.